The quantitative estimate of drug-likeness (QED) is 0.594. The van der Waals surface area contributed by atoms with Crippen LogP contribution in [0.4, 0.5) is 11.4 Å². The second kappa shape index (κ2) is 7.74. The molecule has 0 saturated carbocycles. The van der Waals surface area contributed by atoms with Crippen molar-refractivity contribution >= 4 is 38.1 Å². The first kappa shape index (κ1) is 20.9. The van der Waals surface area contributed by atoms with Gasteiger partial charge in [-0.1, -0.05) is 36.4 Å². The topological polar surface area (TPSA) is 75.7 Å². The predicted molar refractivity (Wildman–Crippen MR) is 123 cm³/mol. The highest BCUT2D eigenvalue weighted by Crippen LogP contribution is 2.38. The largest absolute Gasteiger partial charge is 0.490 e. The summed E-state index contributed by atoms with van der Waals surface area (Å²) in [6, 6.07) is 17.5. The first-order valence-electron chi connectivity index (χ1n) is 9.93. The van der Waals surface area contributed by atoms with Crippen molar-refractivity contribution in [1.29, 1.82) is 0 Å². The van der Waals surface area contributed by atoms with Crippen molar-refractivity contribution in [2.75, 3.05) is 22.8 Å². The Bertz CT molecular complexity index is 1280. The molecule has 1 aliphatic rings. The van der Waals surface area contributed by atoms with E-state index in [1.54, 1.807) is 47.4 Å². The predicted octanol–water partition coefficient (Wildman–Crippen LogP) is 4.58. The molecular weight excluding hydrogens is 412 g/mol. The fraction of sp³-hybridized carbons (Fsp3) is 0.208. The fourth-order valence-corrected chi connectivity index (χ4v) is 4.65. The molecule has 160 valence electrons. The number of carbonyl (C=O) groups is 1. The van der Waals surface area contributed by atoms with Crippen LogP contribution in [-0.2, 0) is 14.8 Å². The van der Waals surface area contributed by atoms with Crippen molar-refractivity contribution in [2.45, 2.75) is 18.7 Å². The van der Waals surface area contributed by atoms with E-state index in [-0.39, 0.29) is 17.4 Å². The lowest BCUT2D eigenvalue weighted by atomic mass is 9.93. The molecule has 0 spiro atoms. The number of nitrogens with zero attached hydrogens (tertiary/aromatic N) is 1. The van der Waals surface area contributed by atoms with Crippen LogP contribution in [0.3, 0.4) is 0 Å². The highest BCUT2D eigenvalue weighted by molar-refractivity contribution is 7.92. The first-order chi connectivity index (χ1) is 14.7. The Balaban J connectivity index is 1.70. The minimum atomic E-state index is -3.82. The number of hydrogen-bond donors (Lipinski definition) is 1. The number of sulfonamides is 1. The van der Waals surface area contributed by atoms with Gasteiger partial charge in [-0.2, -0.15) is 0 Å². The van der Waals surface area contributed by atoms with Crippen LogP contribution in [-0.4, -0.2) is 27.5 Å². The smallest absolute Gasteiger partial charge is 0.261 e. The highest BCUT2D eigenvalue weighted by atomic mass is 32.2. The van der Waals surface area contributed by atoms with E-state index in [0.717, 1.165) is 10.8 Å². The lowest BCUT2D eigenvalue weighted by Gasteiger charge is -2.27. The van der Waals surface area contributed by atoms with E-state index in [4.69, 9.17) is 4.74 Å². The second-order valence-corrected chi connectivity index (χ2v) is 9.86. The zero-order valence-corrected chi connectivity index (χ0v) is 18.3. The van der Waals surface area contributed by atoms with Gasteiger partial charge in [0, 0.05) is 6.54 Å². The van der Waals surface area contributed by atoms with Gasteiger partial charge in [-0.05, 0) is 55.0 Å². The van der Waals surface area contributed by atoms with Crippen LogP contribution in [0.15, 0.2) is 78.2 Å². The number of anilines is 2. The normalized spacial score (nSPS) is 15.7. The van der Waals surface area contributed by atoms with Crippen molar-refractivity contribution in [2.24, 2.45) is 5.41 Å². The van der Waals surface area contributed by atoms with E-state index >= 15 is 0 Å². The van der Waals surface area contributed by atoms with Crippen LogP contribution in [0, 0.1) is 5.41 Å². The van der Waals surface area contributed by atoms with E-state index < -0.39 is 15.4 Å². The van der Waals surface area contributed by atoms with Gasteiger partial charge in [0.25, 0.3) is 10.0 Å². The van der Waals surface area contributed by atoms with Crippen LogP contribution in [0.2, 0.25) is 0 Å². The number of benzene rings is 3. The van der Waals surface area contributed by atoms with Crippen LogP contribution in [0.5, 0.6) is 5.75 Å². The van der Waals surface area contributed by atoms with Crippen LogP contribution < -0.4 is 14.4 Å². The van der Waals surface area contributed by atoms with Crippen molar-refractivity contribution in [3.63, 3.8) is 0 Å². The minimum absolute atomic E-state index is 0.110. The zero-order chi connectivity index (χ0) is 22.2. The third-order valence-corrected chi connectivity index (χ3v) is 6.64. The molecule has 0 aliphatic carbocycles. The molecule has 0 aromatic heterocycles. The minimum Gasteiger partial charge on any atom is -0.490 e. The summed E-state index contributed by atoms with van der Waals surface area (Å²) >= 11 is 0. The number of ether oxygens (including phenoxy) is 1. The Hall–Kier alpha value is -3.32. The summed E-state index contributed by atoms with van der Waals surface area (Å²) in [4.78, 5) is 14.8. The molecule has 1 N–H and O–H groups in total. The fourth-order valence-electron chi connectivity index (χ4n) is 3.57. The summed E-state index contributed by atoms with van der Waals surface area (Å²) < 4.78 is 34.5. The maximum Gasteiger partial charge on any atom is 0.261 e. The van der Waals surface area contributed by atoms with Gasteiger partial charge < -0.3 is 9.64 Å². The van der Waals surface area contributed by atoms with Gasteiger partial charge in [0.05, 0.1) is 21.7 Å². The molecule has 0 fully saturated rings. The molecule has 7 heteroatoms. The van der Waals surface area contributed by atoms with E-state index in [0.29, 0.717) is 23.7 Å². The molecular formula is C24H24N2O4S. The molecule has 0 radical (unpaired) electrons. The molecule has 0 atom stereocenters. The standard InChI is InChI=1S/C24H24N2O4S/c1-4-13-26-21-15-19(10-12-22(21)30-16-24(2,3)23(26)27)25-31(28,29)20-11-9-17-7-5-6-8-18(17)14-20/h4-12,14-15,25H,1,13,16H2,2-3H3. The summed E-state index contributed by atoms with van der Waals surface area (Å²) in [6.45, 7) is 7.90. The van der Waals surface area contributed by atoms with Gasteiger partial charge in [0.2, 0.25) is 5.91 Å². The Labute approximate surface area is 182 Å². The Morgan fingerprint density at radius 1 is 1.10 bits per heavy atom. The summed E-state index contributed by atoms with van der Waals surface area (Å²) in [5.41, 5.74) is 0.138. The lowest BCUT2D eigenvalue weighted by molar-refractivity contribution is -0.127. The maximum atomic E-state index is 13.0. The first-order valence-corrected chi connectivity index (χ1v) is 11.4. The highest BCUT2D eigenvalue weighted by Gasteiger charge is 2.37. The average molecular weight is 437 g/mol. The third kappa shape index (κ3) is 4.01. The molecule has 1 amide bonds. The summed E-state index contributed by atoms with van der Waals surface area (Å²) in [5.74, 6) is 0.412. The van der Waals surface area contributed by atoms with E-state index in [9.17, 15) is 13.2 Å². The van der Waals surface area contributed by atoms with E-state index in [2.05, 4.69) is 11.3 Å². The number of carbonyl (C=O) groups excluding carboxylic acids is 1. The van der Waals surface area contributed by atoms with Gasteiger partial charge in [-0.3, -0.25) is 9.52 Å². The van der Waals surface area contributed by atoms with Gasteiger partial charge >= 0.3 is 0 Å². The van der Waals surface area contributed by atoms with Gasteiger partial charge in [0.1, 0.15) is 12.4 Å². The summed E-state index contributed by atoms with van der Waals surface area (Å²) in [7, 11) is -3.82. The molecule has 0 unspecified atom stereocenters. The number of amides is 1. The molecule has 1 aliphatic heterocycles. The molecule has 3 aromatic rings. The number of fused-ring (bicyclic) bond motifs is 2. The van der Waals surface area contributed by atoms with Crippen molar-refractivity contribution in [1.82, 2.24) is 0 Å². The average Bonchev–Trinajstić information content (AvgIpc) is 2.83. The summed E-state index contributed by atoms with van der Waals surface area (Å²) in [6.07, 6.45) is 1.63. The number of hydrogen-bond acceptors (Lipinski definition) is 4. The Morgan fingerprint density at radius 2 is 1.84 bits per heavy atom. The van der Waals surface area contributed by atoms with E-state index in [1.807, 2.05) is 38.1 Å². The molecule has 0 bridgehead atoms. The Kier molecular flexibility index (Phi) is 5.23. The van der Waals surface area contributed by atoms with Crippen LogP contribution in [0.25, 0.3) is 10.8 Å². The zero-order valence-electron chi connectivity index (χ0n) is 17.5. The molecule has 4 rings (SSSR count). The number of nitrogens with one attached hydrogen (secondary N) is 1. The maximum absolute atomic E-state index is 13.0. The second-order valence-electron chi connectivity index (χ2n) is 8.17. The van der Waals surface area contributed by atoms with Crippen molar-refractivity contribution in [3.05, 3.63) is 73.3 Å². The van der Waals surface area contributed by atoms with Crippen LogP contribution >= 0.6 is 0 Å². The third-order valence-electron chi connectivity index (χ3n) is 5.26. The molecule has 31 heavy (non-hydrogen) atoms. The number of rotatable bonds is 5. The molecule has 0 saturated heterocycles. The van der Waals surface area contributed by atoms with Crippen molar-refractivity contribution in [3.8, 4) is 5.75 Å². The lowest BCUT2D eigenvalue weighted by Crippen LogP contribution is -2.42. The SMILES string of the molecule is C=CCN1C(=O)C(C)(C)COc2ccc(NS(=O)(=O)c3ccc4ccccc4c3)cc21. The van der Waals surface area contributed by atoms with Gasteiger partial charge in [-0.15, -0.1) is 6.58 Å². The monoisotopic (exact) mass is 436 g/mol. The van der Waals surface area contributed by atoms with Crippen LogP contribution in [0.1, 0.15) is 13.8 Å². The Morgan fingerprint density at radius 3 is 2.58 bits per heavy atom. The van der Waals surface area contributed by atoms with Gasteiger partial charge in [-0.25, -0.2) is 8.42 Å². The molecule has 3 aromatic carbocycles. The molecule has 6 nitrogen and oxygen atoms in total. The van der Waals surface area contributed by atoms with Crippen molar-refractivity contribution < 1.29 is 17.9 Å². The van der Waals surface area contributed by atoms with Gasteiger partial charge in [0.15, 0.2) is 0 Å². The molecule has 1 heterocycles. The summed E-state index contributed by atoms with van der Waals surface area (Å²) in [5, 5.41) is 1.80. The van der Waals surface area contributed by atoms with E-state index in [1.165, 1.54) is 0 Å².